The highest BCUT2D eigenvalue weighted by atomic mass is 35.5. The Morgan fingerprint density at radius 2 is 1.69 bits per heavy atom. The summed E-state index contributed by atoms with van der Waals surface area (Å²) >= 11 is 6.40. The topological polar surface area (TPSA) is 84.3 Å². The smallest absolute Gasteiger partial charge is 0.298 e. The van der Waals surface area contributed by atoms with E-state index in [2.05, 4.69) is 15.3 Å². The molecule has 0 aliphatic carbocycles. The summed E-state index contributed by atoms with van der Waals surface area (Å²) in [5.41, 5.74) is 4.00. The lowest BCUT2D eigenvalue weighted by Crippen LogP contribution is -2.27. The van der Waals surface area contributed by atoms with Crippen LogP contribution in [0.25, 0.3) is 11.3 Å². The van der Waals surface area contributed by atoms with E-state index >= 15 is 0 Å². The van der Waals surface area contributed by atoms with Crippen molar-refractivity contribution in [3.05, 3.63) is 106 Å². The molecule has 2 N–H and O–H groups in total. The number of carbonyl (C=O) groups is 1. The number of benzene rings is 3. The summed E-state index contributed by atoms with van der Waals surface area (Å²) in [6.45, 7) is 4.89. The predicted molar refractivity (Wildman–Crippen MR) is 147 cm³/mol. The summed E-state index contributed by atoms with van der Waals surface area (Å²) in [6.07, 6.45) is 0.955. The zero-order valence-electron chi connectivity index (χ0n) is 21.7. The van der Waals surface area contributed by atoms with Gasteiger partial charge in [-0.15, -0.1) is 0 Å². The van der Waals surface area contributed by atoms with E-state index < -0.39 is 12.0 Å². The molecule has 0 bridgehead atoms. The van der Waals surface area contributed by atoms with Gasteiger partial charge in [0, 0.05) is 39.8 Å². The van der Waals surface area contributed by atoms with Crippen molar-refractivity contribution < 1.29 is 23.4 Å². The first-order valence-electron chi connectivity index (χ1n) is 12.3. The number of amides is 1. The second-order valence-electron chi connectivity index (χ2n) is 9.29. The van der Waals surface area contributed by atoms with E-state index in [1.54, 1.807) is 36.7 Å². The molecule has 3 aromatic carbocycles. The Kier molecular flexibility index (Phi) is 8.57. The van der Waals surface area contributed by atoms with Gasteiger partial charge in [-0.25, -0.2) is 9.97 Å². The minimum absolute atomic E-state index is 0.00386. The number of hydrogen-bond donors (Lipinski definition) is 2. The van der Waals surface area contributed by atoms with E-state index in [4.69, 9.17) is 16.3 Å². The van der Waals surface area contributed by atoms with Gasteiger partial charge in [0.1, 0.15) is 17.9 Å². The number of anilines is 1. The number of carbonyl (C=O) groups excluding carboxylic acids is 1. The van der Waals surface area contributed by atoms with E-state index in [0.29, 0.717) is 27.8 Å². The first-order chi connectivity index (χ1) is 18.5. The number of alkyl halides is 2. The monoisotopic (exact) mass is 551 g/mol. The molecule has 1 aromatic heterocycles. The predicted octanol–water partition coefficient (Wildman–Crippen LogP) is 6.90. The van der Waals surface area contributed by atoms with Gasteiger partial charge < -0.3 is 15.2 Å². The van der Waals surface area contributed by atoms with Gasteiger partial charge >= 0.3 is 0 Å². The number of hydrogen-bond acceptors (Lipinski definition) is 5. The van der Waals surface area contributed by atoms with Crippen LogP contribution in [0.4, 0.5) is 14.5 Å². The Hall–Kier alpha value is -3.88. The molecule has 4 rings (SSSR count). The number of rotatable bonds is 9. The van der Waals surface area contributed by atoms with E-state index in [9.17, 15) is 18.7 Å². The fourth-order valence-electron chi connectivity index (χ4n) is 3.99. The molecule has 1 amide bonds. The van der Waals surface area contributed by atoms with E-state index in [-0.39, 0.29) is 24.0 Å². The second-order valence-corrected chi connectivity index (χ2v) is 9.70. The van der Waals surface area contributed by atoms with Crippen LogP contribution < -0.4 is 10.1 Å². The highest BCUT2D eigenvalue weighted by Crippen LogP contribution is 2.33. The summed E-state index contributed by atoms with van der Waals surface area (Å²) in [5, 5.41) is 12.7. The van der Waals surface area contributed by atoms with Gasteiger partial charge in [0.15, 0.2) is 0 Å². The summed E-state index contributed by atoms with van der Waals surface area (Å²) in [6, 6.07) is 18.2. The molecule has 0 aliphatic rings. The van der Waals surface area contributed by atoms with Gasteiger partial charge in [0.05, 0.1) is 6.42 Å². The fraction of sp³-hybridized carbons (Fsp3) is 0.233. The molecule has 2 unspecified atom stereocenters. The van der Waals surface area contributed by atoms with Crippen LogP contribution in [0.2, 0.25) is 5.02 Å². The van der Waals surface area contributed by atoms with Gasteiger partial charge in [-0.05, 0) is 50.1 Å². The van der Waals surface area contributed by atoms with Crippen molar-refractivity contribution in [3.8, 4) is 17.1 Å². The van der Waals surface area contributed by atoms with Gasteiger partial charge in [-0.3, -0.25) is 4.79 Å². The molecule has 0 fully saturated rings. The Morgan fingerprint density at radius 3 is 2.33 bits per heavy atom. The van der Waals surface area contributed by atoms with E-state index in [1.807, 2.05) is 32.0 Å². The summed E-state index contributed by atoms with van der Waals surface area (Å²) in [7, 11) is 0. The fourth-order valence-corrected chi connectivity index (χ4v) is 4.38. The lowest BCUT2D eigenvalue weighted by Gasteiger charge is -2.19. The van der Waals surface area contributed by atoms with Crippen LogP contribution in [-0.2, 0) is 17.1 Å². The maximum Gasteiger partial charge on any atom is 0.298 e. The van der Waals surface area contributed by atoms with Crippen LogP contribution in [0.5, 0.6) is 5.88 Å². The number of nitrogens with one attached hydrogen (secondary N) is 1. The lowest BCUT2D eigenvalue weighted by atomic mass is 10.0. The number of aliphatic hydroxyl groups is 1. The number of halogens is 3. The van der Waals surface area contributed by atoms with Gasteiger partial charge in [-0.2, -0.15) is 8.78 Å². The summed E-state index contributed by atoms with van der Waals surface area (Å²) in [4.78, 5) is 21.3. The molecular formula is C30H28ClF2N3O3. The van der Waals surface area contributed by atoms with Crippen molar-refractivity contribution in [3.63, 3.8) is 0 Å². The quantitative estimate of drug-likeness (QED) is 0.236. The maximum atomic E-state index is 14.0. The van der Waals surface area contributed by atoms with Crippen LogP contribution in [0.1, 0.15) is 42.2 Å². The zero-order valence-corrected chi connectivity index (χ0v) is 22.4. The van der Waals surface area contributed by atoms with Crippen LogP contribution in [-0.4, -0.2) is 27.1 Å². The standard InChI is InChI=1S/C30H28ClF2N3O3/c1-18-4-13-25(26(31)16-18)19(2)39-29-28(34-14-15-35-29)22-7-11-24(12-8-22)36-27(38)17-21-5-9-23(10-6-21)30(32,33)20(3)37/h4-16,19-20,37H,17H2,1-3H3,(H,36,38). The van der Waals surface area contributed by atoms with Crippen LogP contribution in [0.15, 0.2) is 79.1 Å². The van der Waals surface area contributed by atoms with E-state index in [0.717, 1.165) is 23.6 Å². The first-order valence-corrected chi connectivity index (χ1v) is 12.7. The Morgan fingerprint density at radius 1 is 1.03 bits per heavy atom. The van der Waals surface area contributed by atoms with Crippen molar-refractivity contribution in [2.24, 2.45) is 0 Å². The largest absolute Gasteiger partial charge is 0.468 e. The third kappa shape index (κ3) is 6.77. The van der Waals surface area contributed by atoms with Gasteiger partial charge in [0.25, 0.3) is 5.92 Å². The second kappa shape index (κ2) is 11.9. The number of ether oxygens (including phenoxy) is 1. The minimum atomic E-state index is -3.36. The number of aliphatic hydroxyl groups excluding tert-OH is 1. The molecule has 2 atom stereocenters. The van der Waals surface area contributed by atoms with Crippen molar-refractivity contribution in [2.75, 3.05) is 5.32 Å². The van der Waals surface area contributed by atoms with Crippen molar-refractivity contribution in [1.82, 2.24) is 9.97 Å². The molecule has 39 heavy (non-hydrogen) atoms. The number of aryl methyl sites for hydroxylation is 1. The Labute approximate surface area is 230 Å². The van der Waals surface area contributed by atoms with Crippen molar-refractivity contribution in [1.29, 1.82) is 0 Å². The average molecular weight is 552 g/mol. The molecule has 4 aromatic rings. The molecule has 6 nitrogen and oxygen atoms in total. The number of aromatic nitrogens is 2. The first kappa shape index (κ1) is 28.1. The summed E-state index contributed by atoms with van der Waals surface area (Å²) < 4.78 is 34.0. The van der Waals surface area contributed by atoms with Crippen LogP contribution in [0.3, 0.4) is 0 Å². The molecule has 0 saturated heterocycles. The molecule has 202 valence electrons. The molecule has 0 saturated carbocycles. The SMILES string of the molecule is Cc1ccc(C(C)Oc2nccnc2-c2ccc(NC(=O)Cc3ccc(C(F)(F)C(C)O)cc3)cc2)c(Cl)c1. The Balaban J connectivity index is 1.42. The lowest BCUT2D eigenvalue weighted by molar-refractivity contribution is -0.115. The molecule has 1 heterocycles. The normalized spacial score (nSPS) is 13.0. The third-order valence-corrected chi connectivity index (χ3v) is 6.54. The van der Waals surface area contributed by atoms with E-state index in [1.165, 1.54) is 24.3 Å². The van der Waals surface area contributed by atoms with Gasteiger partial charge in [-0.1, -0.05) is 60.1 Å². The van der Waals surface area contributed by atoms with Gasteiger partial charge in [0.2, 0.25) is 11.8 Å². The molecular weight excluding hydrogens is 524 g/mol. The maximum absolute atomic E-state index is 14.0. The van der Waals surface area contributed by atoms with Crippen LogP contribution in [0, 0.1) is 6.92 Å². The highest BCUT2D eigenvalue weighted by Gasteiger charge is 2.37. The molecule has 0 spiro atoms. The zero-order chi connectivity index (χ0) is 28.2. The number of nitrogens with zero attached hydrogens (tertiary/aromatic N) is 2. The average Bonchev–Trinajstić information content (AvgIpc) is 2.89. The minimum Gasteiger partial charge on any atom is -0.468 e. The highest BCUT2D eigenvalue weighted by molar-refractivity contribution is 6.31. The molecule has 0 aliphatic heterocycles. The molecule has 9 heteroatoms. The molecule has 0 radical (unpaired) electrons. The Bertz CT molecular complexity index is 1450. The summed E-state index contributed by atoms with van der Waals surface area (Å²) in [5.74, 6) is -3.31. The van der Waals surface area contributed by atoms with Crippen molar-refractivity contribution in [2.45, 2.75) is 45.3 Å². The third-order valence-electron chi connectivity index (χ3n) is 6.22. The van der Waals surface area contributed by atoms with Crippen molar-refractivity contribution >= 4 is 23.2 Å². The van der Waals surface area contributed by atoms with Crippen LogP contribution >= 0.6 is 11.6 Å².